The van der Waals surface area contributed by atoms with Gasteiger partial charge in [-0.2, -0.15) is 0 Å². The van der Waals surface area contributed by atoms with Crippen LogP contribution in [0.15, 0.2) is 23.6 Å². The van der Waals surface area contributed by atoms with Crippen molar-refractivity contribution in [3.05, 3.63) is 44.9 Å². The number of hydrogen-bond acceptors (Lipinski definition) is 4. The van der Waals surface area contributed by atoms with Crippen LogP contribution < -0.4 is 10.6 Å². The van der Waals surface area contributed by atoms with Crippen LogP contribution in [0.4, 0.5) is 10.5 Å². The zero-order valence-electron chi connectivity index (χ0n) is 14.7. The van der Waals surface area contributed by atoms with Crippen LogP contribution in [0.1, 0.15) is 29.1 Å². The van der Waals surface area contributed by atoms with Crippen LogP contribution >= 0.6 is 22.9 Å². The Bertz CT molecular complexity index is 823. The molecule has 0 radical (unpaired) electrons. The molecular weight excluding hydrogens is 372 g/mol. The third-order valence-electron chi connectivity index (χ3n) is 4.44. The number of rotatable bonds is 4. The lowest BCUT2D eigenvalue weighted by molar-refractivity contribution is -0.124. The van der Waals surface area contributed by atoms with Crippen LogP contribution in [0, 0.1) is 13.8 Å². The number of anilines is 1. The summed E-state index contributed by atoms with van der Waals surface area (Å²) in [4.78, 5) is 31.1. The van der Waals surface area contributed by atoms with E-state index in [9.17, 15) is 9.59 Å². The summed E-state index contributed by atoms with van der Waals surface area (Å²) < 4.78 is 0. The van der Waals surface area contributed by atoms with E-state index in [1.807, 2.05) is 19.2 Å². The van der Waals surface area contributed by atoms with E-state index < -0.39 is 6.04 Å². The summed E-state index contributed by atoms with van der Waals surface area (Å²) in [6.45, 7) is 4.71. The number of benzene rings is 1. The molecule has 1 aliphatic rings. The van der Waals surface area contributed by atoms with Crippen LogP contribution in [-0.2, 0) is 11.3 Å². The Morgan fingerprint density at radius 2 is 2.19 bits per heavy atom. The molecule has 0 bridgehead atoms. The van der Waals surface area contributed by atoms with Gasteiger partial charge in [-0.3, -0.25) is 4.79 Å². The first-order chi connectivity index (χ1) is 12.5. The summed E-state index contributed by atoms with van der Waals surface area (Å²) in [5.74, 6) is -0.147. The van der Waals surface area contributed by atoms with E-state index in [1.54, 1.807) is 34.4 Å². The molecule has 2 aromatic rings. The largest absolute Gasteiger partial charge is 0.349 e. The molecule has 3 rings (SSSR count). The van der Waals surface area contributed by atoms with Gasteiger partial charge in [-0.25, -0.2) is 9.78 Å². The number of carbonyl (C=O) groups excluding carboxylic acids is 2. The second-order valence-corrected chi connectivity index (χ2v) is 7.74. The van der Waals surface area contributed by atoms with Gasteiger partial charge in [-0.15, -0.1) is 11.3 Å². The van der Waals surface area contributed by atoms with Crippen molar-refractivity contribution in [1.29, 1.82) is 0 Å². The van der Waals surface area contributed by atoms with E-state index in [-0.39, 0.29) is 11.9 Å². The van der Waals surface area contributed by atoms with Gasteiger partial charge in [0, 0.05) is 22.6 Å². The molecule has 8 heteroatoms. The van der Waals surface area contributed by atoms with Crippen molar-refractivity contribution in [3.8, 4) is 0 Å². The van der Waals surface area contributed by atoms with Crippen molar-refractivity contribution in [2.75, 3.05) is 11.9 Å². The Morgan fingerprint density at radius 3 is 2.92 bits per heavy atom. The number of aromatic nitrogens is 1. The van der Waals surface area contributed by atoms with Gasteiger partial charge in [0.05, 0.1) is 17.2 Å². The fourth-order valence-electron chi connectivity index (χ4n) is 3.00. The molecular formula is C18H21ClN4O2S. The molecule has 2 N–H and O–H groups in total. The highest BCUT2D eigenvalue weighted by molar-refractivity contribution is 7.09. The summed E-state index contributed by atoms with van der Waals surface area (Å²) in [6.07, 6.45) is 1.46. The quantitative estimate of drug-likeness (QED) is 0.832. The minimum atomic E-state index is -0.464. The fraction of sp³-hybridized carbons (Fsp3) is 0.389. The van der Waals surface area contributed by atoms with Crippen molar-refractivity contribution >= 4 is 40.6 Å². The maximum Gasteiger partial charge on any atom is 0.322 e. The number of nitrogens with zero attached hydrogens (tertiary/aromatic N) is 2. The fourth-order valence-corrected chi connectivity index (χ4v) is 3.78. The number of halogens is 1. The molecule has 0 saturated carbocycles. The molecule has 0 spiro atoms. The van der Waals surface area contributed by atoms with Crippen molar-refractivity contribution in [2.24, 2.45) is 0 Å². The van der Waals surface area contributed by atoms with E-state index in [0.717, 1.165) is 22.7 Å². The summed E-state index contributed by atoms with van der Waals surface area (Å²) in [7, 11) is 0. The average molecular weight is 393 g/mol. The average Bonchev–Trinajstić information content (AvgIpc) is 3.26. The van der Waals surface area contributed by atoms with Crippen molar-refractivity contribution in [3.63, 3.8) is 0 Å². The molecule has 2 heterocycles. The van der Waals surface area contributed by atoms with Gasteiger partial charge in [0.25, 0.3) is 0 Å². The molecule has 1 atom stereocenters. The molecule has 26 heavy (non-hydrogen) atoms. The Morgan fingerprint density at radius 1 is 1.38 bits per heavy atom. The van der Waals surface area contributed by atoms with Crippen molar-refractivity contribution in [1.82, 2.24) is 15.2 Å². The summed E-state index contributed by atoms with van der Waals surface area (Å²) in [5, 5.41) is 9.24. The van der Waals surface area contributed by atoms with Crippen molar-refractivity contribution < 1.29 is 9.59 Å². The minimum Gasteiger partial charge on any atom is -0.349 e. The Hall–Kier alpha value is -2.12. The van der Waals surface area contributed by atoms with E-state index in [1.165, 1.54) is 0 Å². The molecule has 0 aliphatic carbocycles. The van der Waals surface area contributed by atoms with Crippen LogP contribution in [0.2, 0.25) is 5.02 Å². The van der Waals surface area contributed by atoms with Gasteiger partial charge in [0.2, 0.25) is 5.91 Å². The molecule has 138 valence electrons. The first kappa shape index (κ1) is 18.7. The summed E-state index contributed by atoms with van der Waals surface area (Å²) in [5.41, 5.74) is 2.30. The van der Waals surface area contributed by atoms with Gasteiger partial charge in [-0.05, 0) is 44.4 Å². The van der Waals surface area contributed by atoms with E-state index >= 15 is 0 Å². The summed E-state index contributed by atoms with van der Waals surface area (Å²) >= 11 is 7.65. The summed E-state index contributed by atoms with van der Waals surface area (Å²) in [6, 6.07) is 4.62. The zero-order valence-corrected chi connectivity index (χ0v) is 16.3. The highest BCUT2D eigenvalue weighted by atomic mass is 35.5. The molecule has 1 aromatic carbocycles. The lowest BCUT2D eigenvalue weighted by Gasteiger charge is -2.24. The number of nitrogens with one attached hydrogen (secondary N) is 2. The molecule has 1 aromatic heterocycles. The number of aryl methyl sites for hydroxylation is 1. The van der Waals surface area contributed by atoms with Crippen LogP contribution in [0.25, 0.3) is 0 Å². The normalized spacial score (nSPS) is 16.6. The van der Waals surface area contributed by atoms with Gasteiger partial charge in [0.1, 0.15) is 6.04 Å². The lowest BCUT2D eigenvalue weighted by atomic mass is 10.2. The predicted molar refractivity (Wildman–Crippen MR) is 104 cm³/mol. The topological polar surface area (TPSA) is 74.3 Å². The molecule has 1 fully saturated rings. The Kier molecular flexibility index (Phi) is 5.78. The van der Waals surface area contributed by atoms with Gasteiger partial charge >= 0.3 is 6.03 Å². The van der Waals surface area contributed by atoms with Gasteiger partial charge in [-0.1, -0.05) is 17.7 Å². The molecule has 1 unspecified atom stereocenters. The predicted octanol–water partition coefficient (Wildman–Crippen LogP) is 3.73. The maximum atomic E-state index is 12.7. The minimum absolute atomic E-state index is 0.147. The first-order valence-electron chi connectivity index (χ1n) is 8.47. The van der Waals surface area contributed by atoms with Gasteiger partial charge < -0.3 is 15.5 Å². The van der Waals surface area contributed by atoms with Crippen LogP contribution in [0.5, 0.6) is 0 Å². The third kappa shape index (κ3) is 4.16. The smallest absolute Gasteiger partial charge is 0.322 e. The van der Waals surface area contributed by atoms with Crippen molar-refractivity contribution in [2.45, 2.75) is 39.3 Å². The molecule has 1 aliphatic heterocycles. The Labute approximate surface area is 161 Å². The van der Waals surface area contributed by atoms with E-state index in [0.29, 0.717) is 30.2 Å². The molecule has 1 saturated heterocycles. The van der Waals surface area contributed by atoms with Crippen LogP contribution in [-0.4, -0.2) is 34.4 Å². The number of hydrogen-bond donors (Lipinski definition) is 2. The lowest BCUT2D eigenvalue weighted by Crippen LogP contribution is -2.47. The molecule has 3 amide bonds. The number of urea groups is 1. The number of amides is 3. The monoisotopic (exact) mass is 392 g/mol. The standard InChI is InChI=1S/C18H21ClN4O2S/c1-11-14(19)5-3-6-15(11)22-18(25)23-8-4-7-16(23)17(24)20-9-13-10-26-12(2)21-13/h3,5-6,10,16H,4,7-9H2,1-2H3,(H,20,24)(H,22,25). The van der Waals surface area contributed by atoms with Crippen LogP contribution in [0.3, 0.4) is 0 Å². The zero-order chi connectivity index (χ0) is 18.7. The number of thiazole rings is 1. The van der Waals surface area contributed by atoms with Gasteiger partial charge in [0.15, 0.2) is 0 Å². The second-order valence-electron chi connectivity index (χ2n) is 6.27. The number of carbonyl (C=O) groups is 2. The SMILES string of the molecule is Cc1nc(CNC(=O)C2CCCN2C(=O)Nc2cccc(Cl)c2C)cs1. The Balaban J connectivity index is 1.62. The molecule has 6 nitrogen and oxygen atoms in total. The number of likely N-dealkylation sites (tertiary alicyclic amines) is 1. The van der Waals surface area contributed by atoms with E-state index in [4.69, 9.17) is 11.6 Å². The third-order valence-corrected chi connectivity index (χ3v) is 5.67. The first-order valence-corrected chi connectivity index (χ1v) is 9.73. The van der Waals surface area contributed by atoms with E-state index in [2.05, 4.69) is 15.6 Å². The maximum absolute atomic E-state index is 12.7. The second kappa shape index (κ2) is 8.05. The highest BCUT2D eigenvalue weighted by Gasteiger charge is 2.34. The highest BCUT2D eigenvalue weighted by Crippen LogP contribution is 2.25.